The third-order valence-electron chi connectivity index (χ3n) is 4.86. The lowest BCUT2D eigenvalue weighted by Gasteiger charge is -2.22. The number of benzene rings is 2. The van der Waals surface area contributed by atoms with Crippen molar-refractivity contribution >= 4 is 39.1 Å². The normalized spacial score (nSPS) is 16.9. The van der Waals surface area contributed by atoms with Crippen molar-refractivity contribution in [3.63, 3.8) is 0 Å². The van der Waals surface area contributed by atoms with Crippen molar-refractivity contribution in [3.05, 3.63) is 48.0 Å². The van der Waals surface area contributed by atoms with Gasteiger partial charge >= 0.3 is 0 Å². The van der Waals surface area contributed by atoms with E-state index in [0.29, 0.717) is 12.2 Å². The molecule has 0 fully saturated rings. The Bertz CT molecular complexity index is 1050. The number of carbonyl (C=O) groups is 2. The van der Waals surface area contributed by atoms with Gasteiger partial charge in [-0.2, -0.15) is 0 Å². The maximum Gasteiger partial charge on any atom is 0.237 e. The number of fused-ring (bicyclic) bond motifs is 1. The fourth-order valence-corrected chi connectivity index (χ4v) is 5.29. The highest BCUT2D eigenvalue weighted by Crippen LogP contribution is 2.37. The Labute approximate surface area is 180 Å². The number of thioether (sulfide) groups is 1. The maximum absolute atomic E-state index is 12.9. The van der Waals surface area contributed by atoms with Gasteiger partial charge in [0.2, 0.25) is 11.8 Å². The molecule has 3 rings (SSSR count). The molecule has 1 aliphatic rings. The molecule has 0 aliphatic carbocycles. The van der Waals surface area contributed by atoms with Gasteiger partial charge in [0.15, 0.2) is 9.84 Å². The van der Waals surface area contributed by atoms with Crippen LogP contribution < -0.4 is 15.4 Å². The van der Waals surface area contributed by atoms with Gasteiger partial charge < -0.3 is 15.4 Å². The van der Waals surface area contributed by atoms with Crippen LogP contribution in [0.5, 0.6) is 5.75 Å². The number of anilines is 1. The zero-order chi connectivity index (χ0) is 21.9. The maximum atomic E-state index is 12.9. The third-order valence-corrected chi connectivity index (χ3v) is 8.18. The number of amides is 2. The molecule has 2 aromatic rings. The zero-order valence-electron chi connectivity index (χ0n) is 17.0. The van der Waals surface area contributed by atoms with Crippen LogP contribution in [0.4, 0.5) is 5.69 Å². The fourth-order valence-electron chi connectivity index (χ4n) is 2.98. The van der Waals surface area contributed by atoms with E-state index in [2.05, 4.69) is 10.6 Å². The number of carbonyl (C=O) groups excluding carboxylic acids is 2. The van der Waals surface area contributed by atoms with E-state index < -0.39 is 15.1 Å². The van der Waals surface area contributed by atoms with Gasteiger partial charge in [0, 0.05) is 17.9 Å². The van der Waals surface area contributed by atoms with Crippen molar-refractivity contribution in [1.29, 1.82) is 0 Å². The molecular weight excluding hydrogens is 424 g/mol. The number of hydrogen-bond acceptors (Lipinski definition) is 6. The summed E-state index contributed by atoms with van der Waals surface area (Å²) in [6.07, 6.45) is -0.159. The van der Waals surface area contributed by atoms with Gasteiger partial charge in [-0.05, 0) is 49.7 Å². The highest BCUT2D eigenvalue weighted by Gasteiger charge is 2.29. The Kier molecular flexibility index (Phi) is 6.72. The summed E-state index contributed by atoms with van der Waals surface area (Å²) in [6, 6.07) is 11.9. The first-order valence-corrected chi connectivity index (χ1v) is 11.9. The summed E-state index contributed by atoms with van der Waals surface area (Å²) in [5.41, 5.74) is 1.37. The molecule has 2 atom stereocenters. The molecule has 2 N–H and O–H groups in total. The van der Waals surface area contributed by atoms with Crippen molar-refractivity contribution < 1.29 is 22.7 Å². The number of sulfone groups is 1. The molecule has 0 spiro atoms. The summed E-state index contributed by atoms with van der Waals surface area (Å²) in [4.78, 5) is 25.1. The van der Waals surface area contributed by atoms with Gasteiger partial charge in [0.05, 0.1) is 28.2 Å². The first-order valence-electron chi connectivity index (χ1n) is 9.46. The van der Waals surface area contributed by atoms with E-state index in [1.165, 1.54) is 30.8 Å². The minimum atomic E-state index is -3.73. The highest BCUT2D eigenvalue weighted by molar-refractivity contribution is 8.01. The van der Waals surface area contributed by atoms with Gasteiger partial charge in [0.1, 0.15) is 5.75 Å². The molecule has 30 heavy (non-hydrogen) atoms. The third kappa shape index (κ3) is 4.96. The Morgan fingerprint density at radius 2 is 1.93 bits per heavy atom. The molecule has 2 amide bonds. The average Bonchev–Trinajstić information content (AvgIpc) is 2.73. The Hall–Kier alpha value is -2.52. The molecule has 0 aromatic heterocycles. The van der Waals surface area contributed by atoms with Crippen LogP contribution >= 0.6 is 11.8 Å². The smallest absolute Gasteiger partial charge is 0.237 e. The molecule has 0 saturated carbocycles. The van der Waals surface area contributed by atoms with Crippen LogP contribution in [0.25, 0.3) is 0 Å². The molecule has 0 saturated heterocycles. The number of ether oxygens (including phenoxy) is 1. The van der Waals surface area contributed by atoms with Crippen molar-refractivity contribution in [2.75, 3.05) is 12.4 Å². The predicted molar refractivity (Wildman–Crippen MR) is 116 cm³/mol. The topological polar surface area (TPSA) is 102 Å². The second-order valence-electron chi connectivity index (χ2n) is 7.09. The summed E-state index contributed by atoms with van der Waals surface area (Å²) >= 11 is 1.39. The van der Waals surface area contributed by atoms with Gasteiger partial charge in [-0.3, -0.25) is 9.59 Å². The minimum absolute atomic E-state index is 0.0900. The monoisotopic (exact) mass is 448 g/mol. The van der Waals surface area contributed by atoms with Crippen LogP contribution in [0.2, 0.25) is 0 Å². The van der Waals surface area contributed by atoms with Crippen molar-refractivity contribution in [2.45, 2.75) is 47.1 Å². The molecule has 0 bridgehead atoms. The summed E-state index contributed by atoms with van der Waals surface area (Å²) in [6.45, 7) is 3.60. The highest BCUT2D eigenvalue weighted by atomic mass is 32.2. The second kappa shape index (κ2) is 9.09. The van der Waals surface area contributed by atoms with E-state index >= 15 is 0 Å². The molecule has 7 nitrogen and oxygen atoms in total. The van der Waals surface area contributed by atoms with Gasteiger partial charge in [-0.1, -0.05) is 12.1 Å². The van der Waals surface area contributed by atoms with Gasteiger partial charge in [-0.15, -0.1) is 11.8 Å². The van der Waals surface area contributed by atoms with E-state index in [9.17, 15) is 18.0 Å². The largest absolute Gasteiger partial charge is 0.497 e. The molecule has 2 aromatic carbocycles. The molecule has 0 radical (unpaired) electrons. The number of nitrogens with one attached hydrogen (secondary N) is 2. The standard InChI is InChI=1S/C21H24N2O5S2/c1-13(10-20(24)22-12-15-4-6-16(28-3)7-5-15)30(26,27)17-8-9-19-18(11-17)23-21(25)14(2)29-19/h4-9,11,13-14H,10,12H2,1-3H3,(H,22,24)(H,23,25). The molecule has 9 heteroatoms. The molecule has 1 aliphatic heterocycles. The van der Waals surface area contributed by atoms with Crippen LogP contribution in [-0.2, 0) is 26.0 Å². The molecule has 1 heterocycles. The van der Waals surface area contributed by atoms with Crippen LogP contribution in [0.15, 0.2) is 52.3 Å². The molecule has 160 valence electrons. The van der Waals surface area contributed by atoms with E-state index in [-0.39, 0.29) is 28.4 Å². The van der Waals surface area contributed by atoms with Crippen LogP contribution in [-0.4, -0.2) is 37.8 Å². The van der Waals surface area contributed by atoms with Crippen LogP contribution in [0.3, 0.4) is 0 Å². The van der Waals surface area contributed by atoms with Crippen LogP contribution in [0.1, 0.15) is 25.8 Å². The lowest BCUT2D eigenvalue weighted by molar-refractivity contribution is -0.121. The average molecular weight is 449 g/mol. The second-order valence-corrected chi connectivity index (χ2v) is 10.8. The summed E-state index contributed by atoms with van der Waals surface area (Å²) < 4.78 is 31.0. The first kappa shape index (κ1) is 22.2. The van der Waals surface area contributed by atoms with Crippen molar-refractivity contribution in [3.8, 4) is 5.75 Å². The number of methoxy groups -OCH3 is 1. The Morgan fingerprint density at radius 3 is 2.60 bits per heavy atom. The zero-order valence-corrected chi connectivity index (χ0v) is 18.6. The summed E-state index contributed by atoms with van der Waals surface area (Å²) in [5.74, 6) is 0.212. The fraction of sp³-hybridized carbons (Fsp3) is 0.333. The SMILES string of the molecule is COc1ccc(CNC(=O)CC(C)S(=O)(=O)c2ccc3c(c2)NC(=O)C(C)S3)cc1. The number of rotatable bonds is 7. The van der Waals surface area contributed by atoms with E-state index in [4.69, 9.17) is 4.74 Å². The summed E-state index contributed by atoms with van der Waals surface area (Å²) in [5, 5.41) is 4.35. The van der Waals surface area contributed by atoms with Gasteiger partial charge in [0.25, 0.3) is 0 Å². The van der Waals surface area contributed by atoms with Crippen LogP contribution in [0, 0.1) is 0 Å². The van der Waals surface area contributed by atoms with E-state index in [1.807, 2.05) is 12.1 Å². The quantitative estimate of drug-likeness (QED) is 0.675. The Balaban J connectivity index is 1.63. The number of hydrogen-bond donors (Lipinski definition) is 2. The van der Waals surface area contributed by atoms with E-state index in [0.717, 1.165) is 16.2 Å². The van der Waals surface area contributed by atoms with E-state index in [1.54, 1.807) is 32.2 Å². The lowest BCUT2D eigenvalue weighted by Crippen LogP contribution is -2.30. The molecule has 2 unspecified atom stereocenters. The minimum Gasteiger partial charge on any atom is -0.497 e. The lowest BCUT2D eigenvalue weighted by atomic mass is 10.2. The van der Waals surface area contributed by atoms with Crippen molar-refractivity contribution in [2.24, 2.45) is 0 Å². The van der Waals surface area contributed by atoms with Crippen molar-refractivity contribution in [1.82, 2.24) is 5.32 Å². The first-order chi connectivity index (χ1) is 14.2. The Morgan fingerprint density at radius 1 is 1.23 bits per heavy atom. The van der Waals surface area contributed by atoms with Gasteiger partial charge in [-0.25, -0.2) is 8.42 Å². The molecular formula is C21H24N2O5S2. The predicted octanol–water partition coefficient (Wildman–Crippen LogP) is 3.00. The summed E-state index contributed by atoms with van der Waals surface area (Å²) in [7, 11) is -2.15.